The minimum atomic E-state index is -0.259. The van der Waals surface area contributed by atoms with Crippen LogP contribution in [0.2, 0.25) is 0 Å². The van der Waals surface area contributed by atoms with Crippen LogP contribution < -0.4 is 11.1 Å². The molecular weight excluding hydrogens is 247 g/mol. The molecule has 0 aliphatic heterocycles. The van der Waals surface area contributed by atoms with Crippen LogP contribution >= 0.6 is 0 Å². The number of hydrogen-bond donors (Lipinski definition) is 2. The average Bonchev–Trinajstić information content (AvgIpc) is 2.88. The lowest BCUT2D eigenvalue weighted by molar-refractivity contribution is 0.316. The minimum Gasteiger partial charge on any atom is -0.397 e. The van der Waals surface area contributed by atoms with Crippen molar-refractivity contribution >= 4 is 22.4 Å². The van der Waals surface area contributed by atoms with Crippen LogP contribution in [0.1, 0.15) is 5.56 Å². The standard InChI is InChI=1S/C13H11FN4O/c14-9-3-1-2-8(6-9)7-16-11-5-4-10(15)12-13(11)18-19-17-12/h1-6,16H,7,15H2. The highest BCUT2D eigenvalue weighted by Crippen LogP contribution is 2.25. The van der Waals surface area contributed by atoms with Gasteiger partial charge in [-0.3, -0.25) is 0 Å². The number of nitrogen functional groups attached to an aromatic ring is 1. The van der Waals surface area contributed by atoms with Gasteiger partial charge in [-0.05, 0) is 40.1 Å². The maximum Gasteiger partial charge on any atom is 0.160 e. The second-order valence-electron chi connectivity index (χ2n) is 4.15. The van der Waals surface area contributed by atoms with E-state index >= 15 is 0 Å². The summed E-state index contributed by atoms with van der Waals surface area (Å²) in [5.41, 5.74) is 8.93. The van der Waals surface area contributed by atoms with Crippen molar-refractivity contribution in [1.82, 2.24) is 10.3 Å². The molecule has 0 saturated carbocycles. The van der Waals surface area contributed by atoms with Crippen LogP contribution in [-0.2, 0) is 6.54 Å². The minimum absolute atomic E-state index is 0.259. The van der Waals surface area contributed by atoms with Crippen molar-refractivity contribution in [2.45, 2.75) is 6.54 Å². The molecule has 0 aliphatic carbocycles. The molecule has 3 rings (SSSR count). The first-order valence-electron chi connectivity index (χ1n) is 5.73. The zero-order valence-corrected chi connectivity index (χ0v) is 9.93. The largest absolute Gasteiger partial charge is 0.397 e. The molecule has 19 heavy (non-hydrogen) atoms. The lowest BCUT2D eigenvalue weighted by Crippen LogP contribution is -2.01. The van der Waals surface area contributed by atoms with Crippen molar-refractivity contribution in [2.75, 3.05) is 11.1 Å². The van der Waals surface area contributed by atoms with Crippen molar-refractivity contribution in [1.29, 1.82) is 0 Å². The first kappa shape index (κ1) is 11.5. The van der Waals surface area contributed by atoms with Crippen LogP contribution in [0, 0.1) is 5.82 Å². The SMILES string of the molecule is Nc1ccc(NCc2cccc(F)c2)c2nonc12. The Balaban J connectivity index is 1.86. The maximum absolute atomic E-state index is 13.1. The lowest BCUT2D eigenvalue weighted by atomic mass is 10.2. The summed E-state index contributed by atoms with van der Waals surface area (Å²) in [5.74, 6) is -0.259. The summed E-state index contributed by atoms with van der Waals surface area (Å²) in [6.07, 6.45) is 0. The van der Waals surface area contributed by atoms with Crippen LogP contribution in [0.3, 0.4) is 0 Å². The van der Waals surface area contributed by atoms with Gasteiger partial charge in [-0.2, -0.15) is 0 Å². The molecule has 0 aliphatic rings. The van der Waals surface area contributed by atoms with Gasteiger partial charge in [-0.25, -0.2) is 9.02 Å². The highest BCUT2D eigenvalue weighted by molar-refractivity contribution is 5.94. The Morgan fingerprint density at radius 2 is 2.00 bits per heavy atom. The van der Waals surface area contributed by atoms with E-state index < -0.39 is 0 Å². The van der Waals surface area contributed by atoms with Gasteiger partial charge in [-0.15, -0.1) is 0 Å². The number of hydrogen-bond acceptors (Lipinski definition) is 5. The Morgan fingerprint density at radius 3 is 2.84 bits per heavy atom. The fourth-order valence-electron chi connectivity index (χ4n) is 1.87. The number of nitrogens with zero attached hydrogens (tertiary/aromatic N) is 2. The molecule has 3 aromatic rings. The Bertz CT molecular complexity index is 725. The Labute approximate surface area is 108 Å². The van der Waals surface area contributed by atoms with Crippen LogP contribution in [0.4, 0.5) is 15.8 Å². The van der Waals surface area contributed by atoms with Gasteiger partial charge in [0.25, 0.3) is 0 Å². The monoisotopic (exact) mass is 258 g/mol. The molecule has 0 bridgehead atoms. The van der Waals surface area contributed by atoms with Crippen LogP contribution in [-0.4, -0.2) is 10.3 Å². The molecule has 0 radical (unpaired) electrons. The summed E-state index contributed by atoms with van der Waals surface area (Å²) in [7, 11) is 0. The van der Waals surface area contributed by atoms with E-state index in [4.69, 9.17) is 5.73 Å². The third kappa shape index (κ3) is 2.20. The number of nitrogens with one attached hydrogen (secondary N) is 1. The molecular formula is C13H11FN4O. The van der Waals surface area contributed by atoms with E-state index in [-0.39, 0.29) is 5.82 Å². The molecule has 3 N–H and O–H groups in total. The summed E-state index contributed by atoms with van der Waals surface area (Å²) in [5, 5.41) is 10.7. The second kappa shape index (κ2) is 4.56. The zero-order chi connectivity index (χ0) is 13.2. The number of rotatable bonds is 3. The molecule has 2 aromatic carbocycles. The fraction of sp³-hybridized carbons (Fsp3) is 0.0769. The first-order chi connectivity index (χ1) is 9.24. The van der Waals surface area contributed by atoms with E-state index in [9.17, 15) is 4.39 Å². The number of fused-ring (bicyclic) bond motifs is 1. The van der Waals surface area contributed by atoms with Gasteiger partial charge in [0.15, 0.2) is 11.0 Å². The topological polar surface area (TPSA) is 77.0 Å². The highest BCUT2D eigenvalue weighted by atomic mass is 19.1. The second-order valence-corrected chi connectivity index (χ2v) is 4.15. The van der Waals surface area contributed by atoms with Gasteiger partial charge in [0.2, 0.25) is 0 Å². The van der Waals surface area contributed by atoms with E-state index in [0.29, 0.717) is 23.3 Å². The summed E-state index contributed by atoms with van der Waals surface area (Å²) in [4.78, 5) is 0. The highest BCUT2D eigenvalue weighted by Gasteiger charge is 2.09. The Hall–Kier alpha value is -2.63. The molecule has 0 fully saturated rings. The van der Waals surface area contributed by atoms with Crippen LogP contribution in [0.5, 0.6) is 0 Å². The van der Waals surface area contributed by atoms with Gasteiger partial charge in [0.05, 0.1) is 11.4 Å². The Morgan fingerprint density at radius 1 is 1.16 bits per heavy atom. The average molecular weight is 258 g/mol. The summed E-state index contributed by atoms with van der Waals surface area (Å²) < 4.78 is 17.7. The molecule has 1 aromatic heterocycles. The predicted octanol–water partition coefficient (Wildman–Crippen LogP) is 2.56. The van der Waals surface area contributed by atoms with Crippen LogP contribution in [0.15, 0.2) is 41.0 Å². The van der Waals surface area contributed by atoms with Crippen molar-refractivity contribution in [2.24, 2.45) is 0 Å². The van der Waals surface area contributed by atoms with E-state index in [1.807, 2.05) is 6.07 Å². The van der Waals surface area contributed by atoms with Gasteiger partial charge < -0.3 is 11.1 Å². The van der Waals surface area contributed by atoms with Gasteiger partial charge in [0, 0.05) is 6.54 Å². The zero-order valence-electron chi connectivity index (χ0n) is 9.93. The number of nitrogens with two attached hydrogens (primary N) is 1. The fourth-order valence-corrected chi connectivity index (χ4v) is 1.87. The molecule has 0 unspecified atom stereocenters. The number of anilines is 2. The first-order valence-corrected chi connectivity index (χ1v) is 5.73. The number of benzene rings is 2. The maximum atomic E-state index is 13.1. The normalized spacial score (nSPS) is 10.8. The summed E-state index contributed by atoms with van der Waals surface area (Å²) in [6, 6.07) is 9.91. The smallest absolute Gasteiger partial charge is 0.160 e. The molecule has 0 amide bonds. The summed E-state index contributed by atoms with van der Waals surface area (Å²) in [6.45, 7) is 0.476. The van der Waals surface area contributed by atoms with Crippen molar-refractivity contribution in [3.63, 3.8) is 0 Å². The third-order valence-electron chi connectivity index (χ3n) is 2.82. The molecule has 0 atom stereocenters. The van der Waals surface area contributed by atoms with Gasteiger partial charge in [-0.1, -0.05) is 12.1 Å². The predicted molar refractivity (Wildman–Crippen MR) is 69.9 cm³/mol. The third-order valence-corrected chi connectivity index (χ3v) is 2.82. The molecule has 5 nitrogen and oxygen atoms in total. The van der Waals surface area contributed by atoms with E-state index in [0.717, 1.165) is 11.3 Å². The molecule has 96 valence electrons. The summed E-state index contributed by atoms with van der Waals surface area (Å²) >= 11 is 0. The molecule has 1 heterocycles. The van der Waals surface area contributed by atoms with Crippen molar-refractivity contribution < 1.29 is 9.02 Å². The van der Waals surface area contributed by atoms with E-state index in [2.05, 4.69) is 20.3 Å². The van der Waals surface area contributed by atoms with Gasteiger partial charge in [0.1, 0.15) is 5.82 Å². The van der Waals surface area contributed by atoms with Crippen molar-refractivity contribution in [3.05, 3.63) is 47.8 Å². The quantitative estimate of drug-likeness (QED) is 0.706. The van der Waals surface area contributed by atoms with Crippen LogP contribution in [0.25, 0.3) is 11.0 Å². The lowest BCUT2D eigenvalue weighted by Gasteiger charge is -2.07. The van der Waals surface area contributed by atoms with E-state index in [1.165, 1.54) is 12.1 Å². The Kier molecular flexibility index (Phi) is 2.75. The number of aromatic nitrogens is 2. The van der Waals surface area contributed by atoms with Gasteiger partial charge >= 0.3 is 0 Å². The molecule has 6 heteroatoms. The molecule has 0 spiro atoms. The molecule has 0 saturated heterocycles. The van der Waals surface area contributed by atoms with E-state index in [1.54, 1.807) is 18.2 Å². The number of halogens is 1. The van der Waals surface area contributed by atoms with Crippen molar-refractivity contribution in [3.8, 4) is 0 Å².